The normalized spacial score (nSPS) is 24.7. The van der Waals surface area contributed by atoms with E-state index in [0.717, 1.165) is 149 Å². The first-order valence-electron chi connectivity index (χ1n) is 41.5. The second-order valence-electron chi connectivity index (χ2n) is 31.5. The van der Waals surface area contributed by atoms with Crippen LogP contribution in [0.4, 0.5) is 0 Å². The van der Waals surface area contributed by atoms with Crippen LogP contribution in [0, 0.1) is 47.3 Å². The molecule has 4 atom stereocenters. The predicted molar refractivity (Wildman–Crippen MR) is 484 cm³/mol. The Morgan fingerprint density at radius 3 is 0.651 bits per heavy atom. The molecule has 4 heterocycles. The Bertz CT molecular complexity index is 2110. The molecular weight excluding hydrogens is 1690 g/mol. The fraction of sp³-hybridized carbons (Fsp3) is 1.00. The number of thioether (sulfide) groups is 8. The molecule has 644 valence electrons. The SMILES string of the molecule is CC(C)CCOCCSCC[Si]O[Si]1(CCSCCOCCC(C)C)O[Si]2(CCSCCOCCC(C)C)O[Si]3(CCSCCOCCC(C)C)O[Si]O[Si]4(CCSCCOCCC(C)C)O[Si](CCSCCOCCC(C)C)(O1)O[Si](CCSCCOCCC(C)C)(O2)O[Si](CCSCCOCCC(C)C)(O3)O4. The van der Waals surface area contributed by atoms with Crippen molar-refractivity contribution in [3.8, 4) is 0 Å². The molecular formula is C72H152O20S8Si9. The molecule has 0 N–H and O–H groups in total. The van der Waals surface area contributed by atoms with E-state index in [1.54, 1.807) is 0 Å². The molecule has 20 nitrogen and oxygen atoms in total. The van der Waals surface area contributed by atoms with E-state index in [-0.39, 0.29) is 9.76 Å². The van der Waals surface area contributed by atoms with Gasteiger partial charge in [-0.15, -0.1) is 0 Å². The maximum absolute atomic E-state index is 8.47. The molecule has 4 aliphatic heterocycles. The number of fused-ring (bicyclic) bond motifs is 4. The quantitative estimate of drug-likeness (QED) is 0.0413. The van der Waals surface area contributed by atoms with Gasteiger partial charge in [0.2, 0.25) is 9.76 Å². The third kappa shape index (κ3) is 50.4. The fourth-order valence-corrected chi connectivity index (χ4v) is 65.9. The minimum Gasteiger partial charge on any atom is -0.416 e. The lowest BCUT2D eigenvalue weighted by Crippen LogP contribution is -2.84. The van der Waals surface area contributed by atoms with E-state index >= 15 is 0 Å². The van der Waals surface area contributed by atoms with Gasteiger partial charge in [0, 0.05) is 141 Å². The van der Waals surface area contributed by atoms with Crippen LogP contribution in [0.15, 0.2) is 0 Å². The summed E-state index contributed by atoms with van der Waals surface area (Å²) in [4.78, 5) is 0. The largest absolute Gasteiger partial charge is 0.479 e. The molecule has 0 spiro atoms. The van der Waals surface area contributed by atoms with Gasteiger partial charge in [-0.1, -0.05) is 111 Å². The minimum absolute atomic E-state index is 0.00990. The average Bonchev–Trinajstić information content (AvgIpc) is 0.706. The molecule has 4 radical (unpaired) electrons. The van der Waals surface area contributed by atoms with E-state index in [1.165, 1.54) is 0 Å². The Kier molecular flexibility index (Phi) is 60.8. The number of rotatable bonds is 74. The van der Waals surface area contributed by atoms with Crippen LogP contribution >= 0.6 is 94.1 Å². The van der Waals surface area contributed by atoms with Crippen LogP contribution in [0.25, 0.3) is 0 Å². The van der Waals surface area contributed by atoms with Crippen LogP contribution in [0.3, 0.4) is 0 Å². The van der Waals surface area contributed by atoms with Crippen molar-refractivity contribution < 1.29 is 87.3 Å². The minimum atomic E-state index is -4.36. The van der Waals surface area contributed by atoms with Gasteiger partial charge in [0.05, 0.1) is 52.9 Å². The predicted octanol–water partition coefficient (Wildman–Crippen LogP) is 17.8. The summed E-state index contributed by atoms with van der Waals surface area (Å²) in [6.45, 7) is 46.7. The standard InChI is InChI=1S/C72H152O20S8Si9/c1-65(2)17-25-73-33-41-93-49-57-101-81-103(58-50-94-42-34-74-26-18-66(3)4)84-106(61-53-97-45-37-77-29-21-69(9)10)86-104(59-51-95-43-35-75-27-19-67(5)6)82-102-83-105(60-52-96-44-36-76-28-20-68(7)8)87-107(85-103,62-54-98-46-38-78-30-22-70(11)12)91-109(90-106,64-56-100-48-40-80-32-24-72(15)16)92-108(88-104,89-105)63-55-99-47-39-79-31-23-71(13)14/h65-72H,17-64H2,1-16H3. The molecule has 0 aromatic rings. The first kappa shape index (κ1) is 105. The molecule has 4 fully saturated rings. The van der Waals surface area contributed by atoms with Crippen molar-refractivity contribution in [1.82, 2.24) is 0 Å². The van der Waals surface area contributed by atoms with Crippen molar-refractivity contribution >= 4 is 175 Å². The van der Waals surface area contributed by atoms with Gasteiger partial charge in [-0.25, -0.2) is 0 Å². The third-order valence-corrected chi connectivity index (χ3v) is 61.7. The monoisotopic (exact) mass is 1840 g/mol. The van der Waals surface area contributed by atoms with Gasteiger partial charge in [0.1, 0.15) is 0 Å². The van der Waals surface area contributed by atoms with Gasteiger partial charge in [-0.3, -0.25) is 0 Å². The van der Waals surface area contributed by atoms with Gasteiger partial charge in [0.25, 0.3) is 0 Å². The van der Waals surface area contributed by atoms with Crippen molar-refractivity contribution in [2.45, 2.75) is 210 Å². The van der Waals surface area contributed by atoms with E-state index in [4.69, 9.17) is 87.3 Å². The van der Waals surface area contributed by atoms with E-state index in [1.807, 2.05) is 94.1 Å². The summed E-state index contributed by atoms with van der Waals surface area (Å²) >= 11 is 14.6. The summed E-state index contributed by atoms with van der Waals surface area (Å²) in [6, 6.07) is 3.53. The summed E-state index contributed by atoms with van der Waals surface area (Å²) < 4.78 is 148. The zero-order valence-corrected chi connectivity index (χ0v) is 86.0. The molecule has 4 saturated heterocycles. The summed E-state index contributed by atoms with van der Waals surface area (Å²) in [7, 11) is -30.4. The average molecular weight is 1850 g/mol. The van der Waals surface area contributed by atoms with Crippen molar-refractivity contribution in [1.29, 1.82) is 0 Å². The molecule has 0 saturated carbocycles. The molecule has 6 bridgehead atoms. The molecule has 37 heteroatoms. The van der Waals surface area contributed by atoms with Gasteiger partial charge in [0.15, 0.2) is 0 Å². The molecule has 4 unspecified atom stereocenters. The number of hydrogen-bond donors (Lipinski definition) is 0. The van der Waals surface area contributed by atoms with Crippen molar-refractivity contribution in [3.05, 3.63) is 0 Å². The maximum Gasteiger partial charge on any atom is 0.479 e. The lowest BCUT2D eigenvalue weighted by atomic mass is 10.1. The lowest BCUT2D eigenvalue weighted by Gasteiger charge is -2.59. The molecule has 0 amide bonds. The van der Waals surface area contributed by atoms with Crippen molar-refractivity contribution in [2.75, 3.05) is 198 Å². The van der Waals surface area contributed by atoms with Gasteiger partial charge in [-0.2, -0.15) is 94.1 Å². The highest BCUT2D eigenvalue weighted by Crippen LogP contribution is 2.50. The zero-order chi connectivity index (χ0) is 79.3. The molecule has 4 rings (SSSR count). The maximum atomic E-state index is 8.47. The van der Waals surface area contributed by atoms with Crippen molar-refractivity contribution in [3.63, 3.8) is 0 Å². The molecule has 109 heavy (non-hydrogen) atoms. The summed E-state index contributed by atoms with van der Waals surface area (Å²) in [6.07, 6.45) is 8.11. The topological polar surface area (TPSA) is 185 Å². The number of ether oxygens (including phenoxy) is 8. The summed E-state index contributed by atoms with van der Waals surface area (Å²) in [5.41, 5.74) is 0. The Morgan fingerprint density at radius 1 is 0.229 bits per heavy atom. The molecule has 0 aliphatic carbocycles. The van der Waals surface area contributed by atoms with Gasteiger partial charge >= 0.3 is 71.6 Å². The highest BCUT2D eigenvalue weighted by atomic mass is 32.2. The lowest BCUT2D eigenvalue weighted by molar-refractivity contribution is 0.00647. The highest BCUT2D eigenvalue weighted by molar-refractivity contribution is 8.00. The first-order valence-corrected chi connectivity index (χ1v) is 66.2. The van der Waals surface area contributed by atoms with Gasteiger partial charge < -0.3 is 87.3 Å². The zero-order valence-electron chi connectivity index (χ0n) is 70.5. The Morgan fingerprint density at radius 2 is 0.422 bits per heavy atom. The van der Waals surface area contributed by atoms with Crippen molar-refractivity contribution in [2.24, 2.45) is 47.3 Å². The van der Waals surface area contributed by atoms with Crippen LogP contribution in [0.5, 0.6) is 0 Å². The van der Waals surface area contributed by atoms with Crippen LogP contribution < -0.4 is 0 Å². The van der Waals surface area contributed by atoms with Gasteiger partial charge in [-0.05, 0) is 151 Å². The first-order chi connectivity index (χ1) is 52.4. The Balaban J connectivity index is 2.09. The van der Waals surface area contributed by atoms with Crippen LogP contribution in [-0.4, -0.2) is 279 Å². The van der Waals surface area contributed by atoms with Crippen LogP contribution in [-0.2, 0) is 87.3 Å². The second-order valence-corrected chi connectivity index (χ2v) is 65.1. The van der Waals surface area contributed by atoms with E-state index in [9.17, 15) is 0 Å². The summed E-state index contributed by atoms with van der Waals surface area (Å²) in [5, 5.41) is 0. The van der Waals surface area contributed by atoms with Crippen LogP contribution in [0.2, 0.25) is 48.4 Å². The Hall–Kier alpha value is 3.95. The molecule has 0 aromatic carbocycles. The molecule has 0 aromatic heterocycles. The van der Waals surface area contributed by atoms with Crippen LogP contribution in [0.1, 0.15) is 162 Å². The van der Waals surface area contributed by atoms with E-state index in [0.29, 0.717) is 196 Å². The second kappa shape index (κ2) is 63.0. The third-order valence-electron chi connectivity index (χ3n) is 17.3. The molecule has 4 aliphatic rings. The van der Waals surface area contributed by atoms with E-state index < -0.39 is 71.6 Å². The summed E-state index contributed by atoms with van der Waals surface area (Å²) in [5.74, 6) is 16.1. The fourth-order valence-electron chi connectivity index (χ4n) is 10.6. The van der Waals surface area contributed by atoms with E-state index in [2.05, 4.69) is 111 Å². The smallest absolute Gasteiger partial charge is 0.416 e. The Labute approximate surface area is 712 Å². The highest BCUT2D eigenvalue weighted by Gasteiger charge is 2.78. The number of hydrogen-bond acceptors (Lipinski definition) is 28.